The highest BCUT2D eigenvalue weighted by atomic mass is 16.2. The van der Waals surface area contributed by atoms with E-state index in [1.165, 1.54) is 9.13 Å². The van der Waals surface area contributed by atoms with Crippen LogP contribution < -0.4 is 21.8 Å². The number of likely N-dealkylation sites (tertiary alicyclic amines) is 1. The molecule has 0 aliphatic carbocycles. The van der Waals surface area contributed by atoms with E-state index < -0.39 is 0 Å². The average molecular weight is 533 g/mol. The fraction of sp³-hybridized carbons (Fsp3) is 0.448. The van der Waals surface area contributed by atoms with Gasteiger partial charge in [-0.1, -0.05) is 11.6 Å². The third-order valence-electron chi connectivity index (χ3n) is 8.05. The van der Waals surface area contributed by atoms with Crippen molar-refractivity contribution in [2.24, 2.45) is 7.05 Å². The monoisotopic (exact) mass is 532 g/mol. The Morgan fingerprint density at radius 3 is 2.10 bits per heavy atom. The number of benzene rings is 2. The predicted octanol–water partition coefficient (Wildman–Crippen LogP) is 2.71. The van der Waals surface area contributed by atoms with Crippen LogP contribution >= 0.6 is 0 Å². The molecular weight excluding hydrogens is 496 g/mol. The lowest BCUT2D eigenvalue weighted by molar-refractivity contribution is 0.0692. The van der Waals surface area contributed by atoms with Crippen molar-refractivity contribution in [3.8, 4) is 0 Å². The van der Waals surface area contributed by atoms with E-state index in [2.05, 4.69) is 0 Å². The van der Waals surface area contributed by atoms with Crippen molar-refractivity contribution < 1.29 is 4.79 Å². The van der Waals surface area contributed by atoms with Gasteiger partial charge in [0.05, 0.1) is 33.2 Å². The Bertz CT molecular complexity index is 1780. The summed E-state index contributed by atoms with van der Waals surface area (Å²) in [5.41, 5.74) is 3.73. The summed E-state index contributed by atoms with van der Waals surface area (Å²) in [6, 6.07) is 9.00. The summed E-state index contributed by atoms with van der Waals surface area (Å²) in [7, 11) is 5.47. The predicted molar refractivity (Wildman–Crippen MR) is 154 cm³/mol. The Kier molecular flexibility index (Phi) is 6.74. The fourth-order valence-corrected chi connectivity index (χ4v) is 5.92. The number of carbonyl (C=O) groups is 1. The number of hydrogen-bond acceptors (Lipinski definition) is 5. The molecule has 4 aromatic rings. The third-order valence-corrected chi connectivity index (χ3v) is 8.05. The second kappa shape index (κ2) is 9.91. The standard InChI is InChI=1S/C29H36N6O4/c1-7-33-24-16-21(23(30(4)5)17-25(24)34(8-2)29(33)39)26(36)32-13-11-19(12-14-32)35-27(37)20-15-18(3)9-10-22(20)31(6)28(35)38/h9-10,15-17,19H,7-8,11-14H2,1-6H3. The minimum atomic E-state index is -0.334. The van der Waals surface area contributed by atoms with Crippen LogP contribution in [0, 0.1) is 6.92 Å². The molecule has 10 heteroatoms. The lowest BCUT2D eigenvalue weighted by atomic mass is 10.0. The third kappa shape index (κ3) is 4.18. The molecule has 1 aliphatic rings. The zero-order valence-electron chi connectivity index (χ0n) is 23.5. The molecule has 206 valence electrons. The van der Waals surface area contributed by atoms with E-state index in [0.717, 1.165) is 22.3 Å². The Morgan fingerprint density at radius 1 is 0.897 bits per heavy atom. The second-order valence-electron chi connectivity index (χ2n) is 10.6. The molecule has 0 bridgehead atoms. The lowest BCUT2D eigenvalue weighted by Gasteiger charge is -2.33. The van der Waals surface area contributed by atoms with Crippen molar-refractivity contribution in [2.45, 2.75) is 52.7 Å². The maximum absolute atomic E-state index is 13.8. The van der Waals surface area contributed by atoms with Gasteiger partial charge in [-0.15, -0.1) is 0 Å². The van der Waals surface area contributed by atoms with E-state index in [9.17, 15) is 19.2 Å². The number of piperidine rings is 1. The minimum absolute atomic E-state index is 0.0808. The number of rotatable bonds is 5. The van der Waals surface area contributed by atoms with Crippen molar-refractivity contribution >= 4 is 33.5 Å². The van der Waals surface area contributed by atoms with Gasteiger partial charge in [-0.25, -0.2) is 9.59 Å². The normalized spacial score (nSPS) is 14.5. The van der Waals surface area contributed by atoms with Crippen LogP contribution in [0.2, 0.25) is 0 Å². The smallest absolute Gasteiger partial charge is 0.331 e. The highest BCUT2D eigenvalue weighted by Gasteiger charge is 2.29. The molecular formula is C29H36N6O4. The van der Waals surface area contributed by atoms with Crippen LogP contribution in [0.3, 0.4) is 0 Å². The van der Waals surface area contributed by atoms with E-state index in [4.69, 9.17) is 0 Å². The summed E-state index contributed by atoms with van der Waals surface area (Å²) >= 11 is 0. The van der Waals surface area contributed by atoms with Crippen LogP contribution in [0.4, 0.5) is 5.69 Å². The molecule has 5 rings (SSSR count). The molecule has 3 heterocycles. The van der Waals surface area contributed by atoms with E-state index in [1.54, 1.807) is 21.1 Å². The van der Waals surface area contributed by atoms with Gasteiger partial charge in [0.2, 0.25) is 0 Å². The number of fused-ring (bicyclic) bond motifs is 2. The van der Waals surface area contributed by atoms with Crippen LogP contribution in [0.5, 0.6) is 0 Å². The van der Waals surface area contributed by atoms with Crippen LogP contribution in [-0.4, -0.2) is 56.3 Å². The molecule has 0 atom stereocenters. The number of nitrogens with zero attached hydrogens (tertiary/aromatic N) is 6. The molecule has 0 N–H and O–H groups in total. The van der Waals surface area contributed by atoms with Gasteiger partial charge in [-0.3, -0.25) is 27.9 Å². The number of amides is 1. The number of anilines is 1. The van der Waals surface area contributed by atoms with Gasteiger partial charge in [-0.05, 0) is 57.9 Å². The van der Waals surface area contributed by atoms with Crippen LogP contribution in [0.15, 0.2) is 44.7 Å². The van der Waals surface area contributed by atoms with Crippen molar-refractivity contribution in [1.29, 1.82) is 0 Å². The Hall–Kier alpha value is -4.08. The highest BCUT2D eigenvalue weighted by molar-refractivity contribution is 6.03. The Morgan fingerprint density at radius 2 is 1.51 bits per heavy atom. The molecule has 10 nitrogen and oxygen atoms in total. The molecule has 0 saturated carbocycles. The van der Waals surface area contributed by atoms with E-state index >= 15 is 0 Å². The number of aryl methyl sites for hydroxylation is 4. The van der Waals surface area contributed by atoms with Gasteiger partial charge in [0, 0.05) is 53.4 Å². The van der Waals surface area contributed by atoms with Crippen LogP contribution in [0.1, 0.15) is 48.7 Å². The molecule has 1 saturated heterocycles. The Balaban J connectivity index is 1.48. The summed E-state index contributed by atoms with van der Waals surface area (Å²) < 4.78 is 6.33. The second-order valence-corrected chi connectivity index (χ2v) is 10.6. The summed E-state index contributed by atoms with van der Waals surface area (Å²) in [6.07, 6.45) is 1.01. The highest BCUT2D eigenvalue weighted by Crippen LogP contribution is 2.29. The van der Waals surface area contributed by atoms with Crippen molar-refractivity contribution in [3.63, 3.8) is 0 Å². The summed E-state index contributed by atoms with van der Waals surface area (Å²) in [5.74, 6) is -0.118. The number of carbonyl (C=O) groups excluding carboxylic acids is 1. The van der Waals surface area contributed by atoms with E-state index in [-0.39, 0.29) is 28.9 Å². The largest absolute Gasteiger partial charge is 0.377 e. The molecule has 0 unspecified atom stereocenters. The molecule has 1 amide bonds. The maximum atomic E-state index is 13.8. The molecule has 39 heavy (non-hydrogen) atoms. The molecule has 1 fully saturated rings. The van der Waals surface area contributed by atoms with Crippen molar-refractivity contribution in [1.82, 2.24) is 23.2 Å². The molecule has 2 aromatic heterocycles. The van der Waals surface area contributed by atoms with E-state index in [1.807, 2.05) is 70.1 Å². The SMILES string of the molecule is CCn1c(=O)n(CC)c2cc(N(C)C)c(C(=O)N3CCC(n4c(=O)c5cc(C)ccc5n(C)c4=O)CC3)cc21. The van der Waals surface area contributed by atoms with Crippen molar-refractivity contribution in [3.05, 3.63) is 72.8 Å². The van der Waals surface area contributed by atoms with Crippen molar-refractivity contribution in [2.75, 3.05) is 32.1 Å². The van der Waals surface area contributed by atoms with Gasteiger partial charge in [0.25, 0.3) is 11.5 Å². The van der Waals surface area contributed by atoms with Gasteiger partial charge < -0.3 is 9.80 Å². The van der Waals surface area contributed by atoms with Gasteiger partial charge in [-0.2, -0.15) is 0 Å². The summed E-state index contributed by atoms with van der Waals surface area (Å²) in [4.78, 5) is 57.0. The molecule has 2 aromatic carbocycles. The number of aromatic nitrogens is 4. The van der Waals surface area contributed by atoms with Gasteiger partial charge in [0.15, 0.2) is 0 Å². The summed E-state index contributed by atoms with van der Waals surface area (Å²) in [6.45, 7) is 7.69. The quantitative estimate of drug-likeness (QED) is 0.394. The lowest BCUT2D eigenvalue weighted by Crippen LogP contribution is -2.46. The zero-order chi connectivity index (χ0) is 28.2. The van der Waals surface area contributed by atoms with Gasteiger partial charge >= 0.3 is 11.4 Å². The first kappa shape index (κ1) is 26.5. The Labute approximate surface area is 226 Å². The van der Waals surface area contributed by atoms with Gasteiger partial charge in [0.1, 0.15) is 0 Å². The van der Waals surface area contributed by atoms with E-state index in [0.29, 0.717) is 55.5 Å². The first-order chi connectivity index (χ1) is 18.6. The maximum Gasteiger partial charge on any atom is 0.331 e. The minimum Gasteiger partial charge on any atom is -0.377 e. The number of hydrogen-bond donors (Lipinski definition) is 0. The molecule has 0 spiro atoms. The topological polar surface area (TPSA) is 94.5 Å². The number of imidazole rings is 1. The zero-order valence-corrected chi connectivity index (χ0v) is 23.5. The molecule has 1 aliphatic heterocycles. The van der Waals surface area contributed by atoms with Crippen LogP contribution in [-0.2, 0) is 20.1 Å². The first-order valence-corrected chi connectivity index (χ1v) is 13.5. The summed E-state index contributed by atoms with van der Waals surface area (Å²) in [5, 5.41) is 0.528. The fourth-order valence-electron chi connectivity index (χ4n) is 5.92. The average Bonchev–Trinajstić information content (AvgIpc) is 3.20. The van der Waals surface area contributed by atoms with Crippen LogP contribution in [0.25, 0.3) is 21.9 Å². The first-order valence-electron chi connectivity index (χ1n) is 13.5. The molecule has 0 radical (unpaired) electrons.